The van der Waals surface area contributed by atoms with Crippen molar-refractivity contribution in [3.05, 3.63) is 58.5 Å². The Balaban J connectivity index is 1.55. The topological polar surface area (TPSA) is 60.8 Å². The molecule has 29 heavy (non-hydrogen) atoms. The number of rotatable bonds is 6. The largest absolute Gasteiger partial charge is 0.460 e. The highest BCUT2D eigenvalue weighted by Crippen LogP contribution is 2.25. The summed E-state index contributed by atoms with van der Waals surface area (Å²) in [6.07, 6.45) is 0. The highest BCUT2D eigenvalue weighted by atomic mass is 16.5. The molecule has 6 heteroatoms. The number of fused-ring (bicyclic) bond motifs is 1. The third-order valence-corrected chi connectivity index (χ3v) is 5.74. The molecule has 0 spiro atoms. The Hall–Kier alpha value is -2.57. The van der Waals surface area contributed by atoms with Crippen LogP contribution in [0.15, 0.2) is 34.7 Å². The number of benzene rings is 1. The van der Waals surface area contributed by atoms with Crippen LogP contribution in [0.1, 0.15) is 32.9 Å². The molecule has 3 aromatic rings. The third-order valence-electron chi connectivity index (χ3n) is 5.74. The molecule has 0 atom stereocenters. The van der Waals surface area contributed by atoms with Gasteiger partial charge in [0.2, 0.25) is 0 Å². The molecule has 2 N–H and O–H groups in total. The number of nitrogens with one attached hydrogen (secondary N) is 2. The minimum atomic E-state index is -0.0491. The van der Waals surface area contributed by atoms with Gasteiger partial charge in [0, 0.05) is 18.7 Å². The number of quaternary nitrogens is 1. The van der Waals surface area contributed by atoms with E-state index in [1.807, 2.05) is 19.1 Å². The number of carbonyl (C=O) groups excluding carboxylic acids is 1. The molecule has 1 fully saturated rings. The van der Waals surface area contributed by atoms with Gasteiger partial charge in [0.05, 0.1) is 31.8 Å². The number of hydrogen-bond acceptors (Lipinski definition) is 3. The predicted octanol–water partition coefficient (Wildman–Crippen LogP) is 1.85. The fourth-order valence-corrected chi connectivity index (χ4v) is 4.02. The van der Waals surface area contributed by atoms with Crippen LogP contribution in [0.4, 0.5) is 0 Å². The highest BCUT2D eigenvalue weighted by molar-refractivity contribution is 5.97. The van der Waals surface area contributed by atoms with Crippen molar-refractivity contribution in [3.63, 3.8) is 0 Å². The van der Waals surface area contributed by atoms with Crippen LogP contribution < -0.4 is 10.2 Å². The van der Waals surface area contributed by atoms with Gasteiger partial charge in [-0.3, -0.25) is 4.79 Å². The van der Waals surface area contributed by atoms with Crippen molar-refractivity contribution in [2.75, 3.05) is 39.4 Å². The molecule has 0 unspecified atom stereocenters. The average Bonchev–Trinajstić information content (AvgIpc) is 3.22. The van der Waals surface area contributed by atoms with Crippen molar-refractivity contribution in [2.24, 2.45) is 0 Å². The van der Waals surface area contributed by atoms with E-state index in [0.29, 0.717) is 18.8 Å². The molecule has 1 saturated heterocycles. The molecule has 6 nitrogen and oxygen atoms in total. The van der Waals surface area contributed by atoms with Crippen molar-refractivity contribution in [3.8, 4) is 0 Å². The lowest BCUT2D eigenvalue weighted by Crippen LogP contribution is -3.14. The van der Waals surface area contributed by atoms with Gasteiger partial charge in [-0.25, -0.2) is 0 Å². The molecule has 0 saturated carbocycles. The number of aromatic nitrogens is 1. The molecule has 2 aromatic heterocycles. The van der Waals surface area contributed by atoms with E-state index >= 15 is 0 Å². The molecule has 154 valence electrons. The third kappa shape index (κ3) is 4.38. The first-order valence-corrected chi connectivity index (χ1v) is 10.4. The Morgan fingerprint density at radius 2 is 1.93 bits per heavy atom. The summed E-state index contributed by atoms with van der Waals surface area (Å²) in [5.41, 5.74) is 6.03. The van der Waals surface area contributed by atoms with Gasteiger partial charge in [-0.2, -0.15) is 0 Å². The molecule has 1 aliphatic rings. The van der Waals surface area contributed by atoms with Gasteiger partial charge in [-0.1, -0.05) is 23.8 Å². The van der Waals surface area contributed by atoms with Crippen LogP contribution in [0, 0.1) is 20.8 Å². The van der Waals surface area contributed by atoms with Crippen LogP contribution in [-0.4, -0.2) is 49.9 Å². The quantitative estimate of drug-likeness (QED) is 0.669. The predicted molar refractivity (Wildman–Crippen MR) is 113 cm³/mol. The number of furan rings is 1. The fourth-order valence-electron chi connectivity index (χ4n) is 4.02. The summed E-state index contributed by atoms with van der Waals surface area (Å²) >= 11 is 0. The van der Waals surface area contributed by atoms with Gasteiger partial charge in [-0.05, 0) is 31.9 Å². The van der Waals surface area contributed by atoms with Crippen LogP contribution in [0.3, 0.4) is 0 Å². The number of carbonyl (C=O) groups is 1. The molecule has 1 aromatic carbocycles. The van der Waals surface area contributed by atoms with Gasteiger partial charge in [0.15, 0.2) is 5.58 Å². The lowest BCUT2D eigenvalue weighted by atomic mass is 10.1. The molecule has 1 aliphatic heterocycles. The van der Waals surface area contributed by atoms with E-state index in [2.05, 4.69) is 41.9 Å². The van der Waals surface area contributed by atoms with Gasteiger partial charge in [0.1, 0.15) is 24.5 Å². The highest BCUT2D eigenvalue weighted by Gasteiger charge is 2.20. The molecule has 0 aliphatic carbocycles. The summed E-state index contributed by atoms with van der Waals surface area (Å²) in [5.74, 6) is 0.805. The second kappa shape index (κ2) is 8.43. The van der Waals surface area contributed by atoms with Crippen LogP contribution >= 0.6 is 0 Å². The summed E-state index contributed by atoms with van der Waals surface area (Å²) in [7, 11) is 0. The lowest BCUT2D eigenvalue weighted by molar-refractivity contribution is -0.906. The second-order valence-electron chi connectivity index (χ2n) is 8.02. The molecular formula is C23H30N3O3+. The van der Waals surface area contributed by atoms with Crippen LogP contribution in [0.5, 0.6) is 0 Å². The summed E-state index contributed by atoms with van der Waals surface area (Å²) in [4.78, 5) is 14.5. The van der Waals surface area contributed by atoms with Crippen LogP contribution in [-0.2, 0) is 11.3 Å². The van der Waals surface area contributed by atoms with E-state index in [1.54, 1.807) is 0 Å². The first-order valence-electron chi connectivity index (χ1n) is 10.4. The Morgan fingerprint density at radius 1 is 1.14 bits per heavy atom. The van der Waals surface area contributed by atoms with Gasteiger partial charge in [-0.15, -0.1) is 0 Å². The molecule has 3 heterocycles. The van der Waals surface area contributed by atoms with Gasteiger partial charge < -0.3 is 23.9 Å². The summed E-state index contributed by atoms with van der Waals surface area (Å²) in [6.45, 7) is 12.0. The van der Waals surface area contributed by atoms with Gasteiger partial charge in [0.25, 0.3) is 5.91 Å². The normalized spacial score (nSPS) is 15.1. The zero-order chi connectivity index (χ0) is 20.4. The number of aryl methyl sites for hydroxylation is 3. The molecule has 1 amide bonds. The number of amides is 1. The Bertz CT molecular complexity index is 1010. The van der Waals surface area contributed by atoms with Crippen LogP contribution in [0.2, 0.25) is 0 Å². The van der Waals surface area contributed by atoms with E-state index in [4.69, 9.17) is 9.15 Å². The minimum absolute atomic E-state index is 0.0491. The number of morpholine rings is 1. The van der Waals surface area contributed by atoms with Crippen molar-refractivity contribution in [1.29, 1.82) is 0 Å². The van der Waals surface area contributed by atoms with E-state index in [0.717, 1.165) is 49.7 Å². The molecular weight excluding hydrogens is 366 g/mol. The number of nitrogens with zero attached hydrogens (tertiary/aromatic N) is 1. The maximum absolute atomic E-state index is 13.0. The Morgan fingerprint density at radius 3 is 2.72 bits per heavy atom. The van der Waals surface area contributed by atoms with E-state index in [9.17, 15) is 4.79 Å². The fraction of sp³-hybridized carbons (Fsp3) is 0.435. The molecule has 0 radical (unpaired) electrons. The average molecular weight is 397 g/mol. The smallest absolute Gasteiger partial charge is 0.268 e. The van der Waals surface area contributed by atoms with E-state index < -0.39 is 0 Å². The maximum Gasteiger partial charge on any atom is 0.268 e. The zero-order valence-electron chi connectivity index (χ0n) is 17.5. The zero-order valence-corrected chi connectivity index (χ0v) is 17.5. The SMILES string of the molecule is Cc1ccc(C)c(Cn2c(C(=O)NCC[NH+]3CCOCC3)cc3oc(C)cc32)c1. The van der Waals surface area contributed by atoms with E-state index in [-0.39, 0.29) is 5.91 Å². The summed E-state index contributed by atoms with van der Waals surface area (Å²) in [6, 6.07) is 10.3. The van der Waals surface area contributed by atoms with Crippen molar-refractivity contribution in [1.82, 2.24) is 9.88 Å². The first kappa shape index (κ1) is 19.7. The lowest BCUT2D eigenvalue weighted by Gasteiger charge is -2.23. The molecule has 4 rings (SSSR count). The molecule has 0 bridgehead atoms. The van der Waals surface area contributed by atoms with Crippen LogP contribution in [0.25, 0.3) is 11.1 Å². The Labute approximate surface area is 171 Å². The summed E-state index contributed by atoms with van der Waals surface area (Å²) in [5, 5.41) is 3.10. The van der Waals surface area contributed by atoms with Crippen molar-refractivity contribution >= 4 is 17.0 Å². The van der Waals surface area contributed by atoms with Crippen molar-refractivity contribution < 1.29 is 18.8 Å². The standard InChI is InChI=1S/C23H29N3O3/c1-16-4-5-17(2)19(12-16)15-26-20-13-18(3)29-22(20)14-21(26)23(27)24-6-7-25-8-10-28-11-9-25/h4-5,12-14H,6-11,15H2,1-3H3,(H,24,27)/p+1. The monoisotopic (exact) mass is 396 g/mol. The number of ether oxygens (including phenoxy) is 1. The Kier molecular flexibility index (Phi) is 5.74. The van der Waals surface area contributed by atoms with Crippen molar-refractivity contribution in [2.45, 2.75) is 27.3 Å². The first-order chi connectivity index (χ1) is 14.0. The van der Waals surface area contributed by atoms with E-state index in [1.165, 1.54) is 21.6 Å². The van der Waals surface area contributed by atoms with Gasteiger partial charge >= 0.3 is 0 Å². The second-order valence-corrected chi connectivity index (χ2v) is 8.02. The number of hydrogen-bond donors (Lipinski definition) is 2. The summed E-state index contributed by atoms with van der Waals surface area (Å²) < 4.78 is 13.3. The maximum atomic E-state index is 13.0. The minimum Gasteiger partial charge on any atom is -0.460 e.